The molecule has 0 aliphatic rings. The van der Waals surface area contributed by atoms with Gasteiger partial charge in [-0.1, -0.05) is 147 Å². The van der Waals surface area contributed by atoms with Crippen molar-refractivity contribution in [2.24, 2.45) is 0 Å². The van der Waals surface area contributed by atoms with Crippen molar-refractivity contribution >= 4 is 18.0 Å². The summed E-state index contributed by atoms with van der Waals surface area (Å²) in [6.07, 6.45) is 29.6. The van der Waals surface area contributed by atoms with E-state index in [2.05, 4.69) is 24.1 Å². The van der Waals surface area contributed by atoms with Gasteiger partial charge in [-0.2, -0.15) is 0 Å². The maximum absolute atomic E-state index is 12.8. The van der Waals surface area contributed by atoms with Crippen LogP contribution in [0, 0.1) is 0 Å². The Bertz CT molecular complexity index is 1060. The fourth-order valence-corrected chi connectivity index (χ4v) is 7.08. The van der Waals surface area contributed by atoms with E-state index in [0.717, 1.165) is 109 Å². The lowest BCUT2D eigenvalue weighted by molar-refractivity contribution is -0.155. The molecule has 0 unspecified atom stereocenters. The Kier molecular flexibility index (Phi) is 32.6. The molecule has 1 aromatic rings. The number of ether oxygens (including phenoxy) is 3. The van der Waals surface area contributed by atoms with Gasteiger partial charge in [-0.3, -0.25) is 9.59 Å². The molecule has 1 amide bonds. The minimum absolute atomic E-state index is 0.000498. The van der Waals surface area contributed by atoms with Crippen molar-refractivity contribution in [1.29, 1.82) is 0 Å². The van der Waals surface area contributed by atoms with Crippen molar-refractivity contribution in [1.82, 2.24) is 10.2 Å². The van der Waals surface area contributed by atoms with Gasteiger partial charge in [0.25, 0.3) is 0 Å². The Balaban J connectivity index is 2.38. The van der Waals surface area contributed by atoms with Gasteiger partial charge in [0.15, 0.2) is 0 Å². The number of nitrogens with zero attached hydrogens (tertiary/aromatic N) is 1. The smallest absolute Gasteiger partial charge is 0.407 e. The van der Waals surface area contributed by atoms with E-state index >= 15 is 0 Å². The van der Waals surface area contributed by atoms with E-state index in [1.807, 2.05) is 51.1 Å². The van der Waals surface area contributed by atoms with Gasteiger partial charge < -0.3 is 24.4 Å². The van der Waals surface area contributed by atoms with Crippen molar-refractivity contribution in [3.8, 4) is 0 Å². The van der Waals surface area contributed by atoms with Gasteiger partial charge in [-0.05, 0) is 104 Å². The van der Waals surface area contributed by atoms with Crippen molar-refractivity contribution in [2.45, 2.75) is 226 Å². The van der Waals surface area contributed by atoms with Crippen molar-refractivity contribution in [3.05, 3.63) is 35.9 Å². The van der Waals surface area contributed by atoms with E-state index < -0.39 is 5.60 Å². The molecule has 0 atom stereocenters. The van der Waals surface area contributed by atoms with Crippen LogP contribution in [0.1, 0.15) is 214 Å². The van der Waals surface area contributed by atoms with Gasteiger partial charge in [0.05, 0.1) is 0 Å². The van der Waals surface area contributed by atoms with Crippen molar-refractivity contribution in [2.75, 3.05) is 26.2 Å². The molecule has 8 nitrogen and oxygen atoms in total. The van der Waals surface area contributed by atoms with Gasteiger partial charge in [0.1, 0.15) is 18.3 Å². The second kappa shape index (κ2) is 35.5. The van der Waals surface area contributed by atoms with Crippen molar-refractivity contribution in [3.63, 3.8) is 0 Å². The molecule has 1 rings (SSSR count). The molecule has 0 spiro atoms. The zero-order valence-corrected chi connectivity index (χ0v) is 37.0. The first kappa shape index (κ1) is 51.4. The van der Waals surface area contributed by atoms with Gasteiger partial charge in [0.2, 0.25) is 0 Å². The van der Waals surface area contributed by atoms with Gasteiger partial charge in [0, 0.05) is 19.4 Å². The Labute approximate surface area is 344 Å². The molecule has 8 heteroatoms. The molecule has 0 fully saturated rings. The predicted octanol–water partition coefficient (Wildman–Crippen LogP) is 13.0. The van der Waals surface area contributed by atoms with E-state index in [9.17, 15) is 14.4 Å². The number of unbranched alkanes of at least 4 members (excludes halogenated alkanes) is 18. The van der Waals surface area contributed by atoms with E-state index in [1.165, 1.54) is 77.0 Å². The molecule has 1 N–H and O–H groups in total. The summed E-state index contributed by atoms with van der Waals surface area (Å²) >= 11 is 0. The second-order valence-electron chi connectivity index (χ2n) is 17.0. The standard InChI is InChI=1S/C48H86N2O6/c1-6-8-10-12-16-25-34-44(35-26-17-13-11-9-7-2)55-45(51)36-27-18-14-20-29-39-50(40-30-21-15-19-28-37-46(52)56-48(3,4)5)41-31-38-49-47(53)54-42-43-32-23-22-24-33-43/h22-24,32-33,44H,6-21,25-31,34-42H2,1-5H3,(H,49,53). The molecule has 324 valence electrons. The van der Waals surface area contributed by atoms with E-state index in [1.54, 1.807) is 0 Å². The minimum atomic E-state index is -0.421. The predicted molar refractivity (Wildman–Crippen MR) is 233 cm³/mol. The highest BCUT2D eigenvalue weighted by atomic mass is 16.6. The molecule has 0 saturated heterocycles. The minimum Gasteiger partial charge on any atom is -0.462 e. The fraction of sp³-hybridized carbons (Fsp3) is 0.812. The normalized spacial score (nSPS) is 11.6. The molecule has 0 aromatic heterocycles. The molecule has 0 heterocycles. The first-order valence-electron chi connectivity index (χ1n) is 23.2. The highest BCUT2D eigenvalue weighted by Crippen LogP contribution is 2.19. The van der Waals surface area contributed by atoms with Crippen molar-refractivity contribution < 1.29 is 28.6 Å². The number of alkyl carbamates (subject to hydrolysis) is 1. The van der Waals surface area contributed by atoms with Crippen LogP contribution in [0.2, 0.25) is 0 Å². The Hall–Kier alpha value is -2.61. The number of nitrogens with one attached hydrogen (secondary N) is 1. The number of hydrogen-bond donors (Lipinski definition) is 1. The lowest BCUT2D eigenvalue weighted by Gasteiger charge is -2.22. The number of carbonyl (C=O) groups excluding carboxylic acids is 3. The summed E-state index contributed by atoms with van der Waals surface area (Å²) in [7, 11) is 0. The average Bonchev–Trinajstić information content (AvgIpc) is 3.16. The number of benzene rings is 1. The third-order valence-corrected chi connectivity index (χ3v) is 10.3. The molecular weight excluding hydrogens is 701 g/mol. The monoisotopic (exact) mass is 787 g/mol. The largest absolute Gasteiger partial charge is 0.462 e. The first-order chi connectivity index (χ1) is 27.1. The summed E-state index contributed by atoms with van der Waals surface area (Å²) in [5.74, 6) is -0.104. The topological polar surface area (TPSA) is 94.2 Å². The molecular formula is C48H86N2O6. The Morgan fingerprint density at radius 1 is 0.589 bits per heavy atom. The first-order valence-corrected chi connectivity index (χ1v) is 23.2. The fourth-order valence-electron chi connectivity index (χ4n) is 7.08. The zero-order valence-electron chi connectivity index (χ0n) is 37.0. The molecule has 0 aliphatic carbocycles. The van der Waals surface area contributed by atoms with E-state index in [0.29, 0.717) is 19.4 Å². The van der Waals surface area contributed by atoms with Crippen LogP contribution in [0.15, 0.2) is 30.3 Å². The third-order valence-electron chi connectivity index (χ3n) is 10.3. The third kappa shape index (κ3) is 33.5. The SMILES string of the molecule is CCCCCCCCC(CCCCCCCC)OC(=O)CCCCCCCN(CCCCCCCC(=O)OC(C)(C)C)CCCNC(=O)OCc1ccccc1. The Morgan fingerprint density at radius 3 is 1.59 bits per heavy atom. The molecule has 0 bridgehead atoms. The second-order valence-corrected chi connectivity index (χ2v) is 17.0. The molecule has 0 aliphatic heterocycles. The average molecular weight is 787 g/mol. The lowest BCUT2D eigenvalue weighted by Crippen LogP contribution is -2.31. The lowest BCUT2D eigenvalue weighted by atomic mass is 10.0. The highest BCUT2D eigenvalue weighted by molar-refractivity contribution is 5.70. The van der Waals surface area contributed by atoms with Gasteiger partial charge >= 0.3 is 18.0 Å². The number of rotatable bonds is 37. The number of hydrogen-bond acceptors (Lipinski definition) is 7. The Morgan fingerprint density at radius 2 is 1.05 bits per heavy atom. The van der Waals surface area contributed by atoms with Crippen LogP contribution in [0.5, 0.6) is 0 Å². The van der Waals surface area contributed by atoms with E-state index in [-0.39, 0.29) is 30.7 Å². The summed E-state index contributed by atoms with van der Waals surface area (Å²) < 4.78 is 16.9. The zero-order chi connectivity index (χ0) is 41.0. The van der Waals surface area contributed by atoms with Crippen LogP contribution in [0.3, 0.4) is 0 Å². The summed E-state index contributed by atoms with van der Waals surface area (Å²) in [5.41, 5.74) is 0.556. The molecule has 0 radical (unpaired) electrons. The maximum Gasteiger partial charge on any atom is 0.407 e. The van der Waals surface area contributed by atoms with Crippen LogP contribution in [-0.4, -0.2) is 60.8 Å². The molecule has 1 aromatic carbocycles. The number of amides is 1. The summed E-state index contributed by atoms with van der Waals surface area (Å²) in [6, 6.07) is 9.73. The summed E-state index contributed by atoms with van der Waals surface area (Å²) in [6.45, 7) is 14.1. The molecule has 0 saturated carbocycles. The summed E-state index contributed by atoms with van der Waals surface area (Å²) in [5, 5.41) is 2.91. The van der Waals surface area contributed by atoms with Crippen LogP contribution in [-0.2, 0) is 30.4 Å². The highest BCUT2D eigenvalue weighted by Gasteiger charge is 2.16. The van der Waals surface area contributed by atoms with Crippen LogP contribution in [0.4, 0.5) is 4.79 Å². The molecule has 56 heavy (non-hydrogen) atoms. The quantitative estimate of drug-likeness (QED) is 0.0408. The number of carbonyl (C=O) groups is 3. The van der Waals surface area contributed by atoms with Gasteiger partial charge in [-0.15, -0.1) is 0 Å². The maximum atomic E-state index is 12.8. The van der Waals surface area contributed by atoms with Gasteiger partial charge in [-0.25, -0.2) is 4.79 Å². The van der Waals surface area contributed by atoms with Crippen LogP contribution in [0.25, 0.3) is 0 Å². The van der Waals surface area contributed by atoms with Crippen LogP contribution >= 0.6 is 0 Å². The van der Waals surface area contributed by atoms with E-state index in [4.69, 9.17) is 14.2 Å². The summed E-state index contributed by atoms with van der Waals surface area (Å²) in [4.78, 5) is 39.6. The number of esters is 2. The van der Waals surface area contributed by atoms with Crippen LogP contribution < -0.4 is 5.32 Å².